The predicted octanol–water partition coefficient (Wildman–Crippen LogP) is 0.265. The van der Waals surface area contributed by atoms with Crippen LogP contribution in [0.1, 0.15) is 25.7 Å². The van der Waals surface area contributed by atoms with Crippen molar-refractivity contribution >= 4 is 5.91 Å². The maximum atomic E-state index is 12.2. The van der Waals surface area contributed by atoms with Gasteiger partial charge in [-0.1, -0.05) is 0 Å². The smallest absolute Gasteiger partial charge is 0.242 e. The molecular formula is C13H20N2O2. The number of fused-ring (bicyclic) bond motifs is 5. The second kappa shape index (κ2) is 3.23. The summed E-state index contributed by atoms with van der Waals surface area (Å²) >= 11 is 0. The minimum absolute atomic E-state index is 0.0220. The lowest BCUT2D eigenvalue weighted by molar-refractivity contribution is -0.126. The maximum absolute atomic E-state index is 12.2. The van der Waals surface area contributed by atoms with Crippen molar-refractivity contribution in [3.8, 4) is 0 Å². The standard InChI is InChI=1S/C13H20N2O2/c14-13(3-4-17-6-13)12(16)15-11-9-7-1-2-8(5-7)10(9)11/h7-11H,1-6,14H2,(H,15,16). The van der Waals surface area contributed by atoms with Gasteiger partial charge in [-0.05, 0) is 49.4 Å². The third-order valence-corrected chi connectivity index (χ3v) is 5.54. The van der Waals surface area contributed by atoms with Crippen molar-refractivity contribution in [3.63, 3.8) is 0 Å². The Labute approximate surface area is 101 Å². The largest absolute Gasteiger partial charge is 0.379 e. The van der Waals surface area contributed by atoms with E-state index in [2.05, 4.69) is 5.32 Å². The van der Waals surface area contributed by atoms with E-state index in [1.54, 1.807) is 0 Å². The Balaban J connectivity index is 1.42. The molecule has 4 aliphatic rings. The number of carbonyl (C=O) groups is 1. The van der Waals surface area contributed by atoms with Gasteiger partial charge in [0, 0.05) is 12.6 Å². The van der Waals surface area contributed by atoms with Gasteiger partial charge in [0.05, 0.1) is 6.61 Å². The van der Waals surface area contributed by atoms with Crippen molar-refractivity contribution in [1.82, 2.24) is 5.32 Å². The Morgan fingerprint density at radius 3 is 2.59 bits per heavy atom. The molecule has 4 fully saturated rings. The normalized spacial score (nSPS) is 54.8. The van der Waals surface area contributed by atoms with Crippen LogP contribution >= 0.6 is 0 Å². The highest BCUT2D eigenvalue weighted by Crippen LogP contribution is 2.65. The van der Waals surface area contributed by atoms with Gasteiger partial charge in [-0.25, -0.2) is 0 Å². The van der Waals surface area contributed by atoms with Crippen LogP contribution in [0.2, 0.25) is 0 Å². The van der Waals surface area contributed by atoms with E-state index < -0.39 is 5.54 Å². The number of nitrogens with one attached hydrogen (secondary N) is 1. The van der Waals surface area contributed by atoms with E-state index in [4.69, 9.17) is 10.5 Å². The summed E-state index contributed by atoms with van der Waals surface area (Å²) < 4.78 is 5.25. The Morgan fingerprint density at radius 2 is 2.00 bits per heavy atom. The summed E-state index contributed by atoms with van der Waals surface area (Å²) in [7, 11) is 0. The molecule has 0 aromatic rings. The molecule has 5 unspecified atom stereocenters. The third kappa shape index (κ3) is 1.34. The molecule has 3 saturated carbocycles. The number of hydrogen-bond donors (Lipinski definition) is 2. The van der Waals surface area contributed by atoms with Gasteiger partial charge in [-0.3, -0.25) is 4.79 Å². The molecule has 94 valence electrons. The van der Waals surface area contributed by atoms with Gasteiger partial charge in [-0.15, -0.1) is 0 Å². The highest BCUT2D eigenvalue weighted by molar-refractivity contribution is 5.87. The summed E-state index contributed by atoms with van der Waals surface area (Å²) in [5.74, 6) is 3.37. The lowest BCUT2D eigenvalue weighted by atomic mass is 9.98. The molecule has 4 heteroatoms. The molecule has 0 radical (unpaired) electrons. The monoisotopic (exact) mass is 236 g/mol. The number of nitrogens with two attached hydrogens (primary N) is 1. The van der Waals surface area contributed by atoms with Gasteiger partial charge in [0.25, 0.3) is 0 Å². The van der Waals surface area contributed by atoms with Crippen LogP contribution < -0.4 is 11.1 Å². The SMILES string of the molecule is NC1(C(=O)NC2C3C4CCC(C4)C23)CCOC1. The minimum atomic E-state index is -0.754. The van der Waals surface area contributed by atoms with E-state index >= 15 is 0 Å². The van der Waals surface area contributed by atoms with E-state index in [0.29, 0.717) is 25.7 Å². The molecule has 4 nitrogen and oxygen atoms in total. The van der Waals surface area contributed by atoms with Crippen molar-refractivity contribution in [2.24, 2.45) is 29.4 Å². The molecule has 0 aromatic heterocycles. The molecule has 1 saturated heterocycles. The molecule has 3 aliphatic carbocycles. The Morgan fingerprint density at radius 1 is 1.29 bits per heavy atom. The number of ether oxygens (including phenoxy) is 1. The molecule has 4 rings (SSSR count). The molecule has 2 bridgehead atoms. The molecule has 1 aliphatic heterocycles. The summed E-state index contributed by atoms with van der Waals surface area (Å²) in [6.07, 6.45) is 4.84. The maximum Gasteiger partial charge on any atom is 0.242 e. The molecule has 17 heavy (non-hydrogen) atoms. The van der Waals surface area contributed by atoms with E-state index in [1.807, 2.05) is 0 Å². The Hall–Kier alpha value is -0.610. The molecule has 1 heterocycles. The third-order valence-electron chi connectivity index (χ3n) is 5.54. The minimum Gasteiger partial charge on any atom is -0.379 e. The number of hydrogen-bond acceptors (Lipinski definition) is 3. The van der Waals surface area contributed by atoms with E-state index in [-0.39, 0.29) is 5.91 Å². The number of amides is 1. The average Bonchev–Trinajstić information content (AvgIpc) is 2.78. The molecule has 0 spiro atoms. The lowest BCUT2D eigenvalue weighted by Crippen LogP contribution is -2.55. The fourth-order valence-electron chi connectivity index (χ4n) is 4.57. The van der Waals surface area contributed by atoms with Crippen molar-refractivity contribution in [2.45, 2.75) is 37.3 Å². The molecule has 5 atom stereocenters. The molecular weight excluding hydrogens is 216 g/mol. The van der Waals surface area contributed by atoms with Crippen molar-refractivity contribution in [3.05, 3.63) is 0 Å². The zero-order valence-corrected chi connectivity index (χ0v) is 10.0. The second-order valence-corrected chi connectivity index (χ2v) is 6.45. The van der Waals surface area contributed by atoms with E-state index in [1.165, 1.54) is 19.3 Å². The van der Waals surface area contributed by atoms with Crippen LogP contribution in [-0.4, -0.2) is 30.7 Å². The number of carbonyl (C=O) groups excluding carboxylic acids is 1. The van der Waals surface area contributed by atoms with Gasteiger partial charge in [0.15, 0.2) is 0 Å². The Bertz CT molecular complexity index is 348. The first-order valence-electron chi connectivity index (χ1n) is 6.87. The zero-order chi connectivity index (χ0) is 11.6. The second-order valence-electron chi connectivity index (χ2n) is 6.45. The molecule has 0 aromatic carbocycles. The van der Waals surface area contributed by atoms with Gasteiger partial charge >= 0.3 is 0 Å². The van der Waals surface area contributed by atoms with E-state index in [9.17, 15) is 4.79 Å². The summed E-state index contributed by atoms with van der Waals surface area (Å²) in [4.78, 5) is 12.2. The lowest BCUT2D eigenvalue weighted by Gasteiger charge is -2.22. The number of rotatable bonds is 2. The zero-order valence-electron chi connectivity index (χ0n) is 10.0. The van der Waals surface area contributed by atoms with Crippen LogP contribution in [0.4, 0.5) is 0 Å². The average molecular weight is 236 g/mol. The van der Waals surface area contributed by atoms with Crippen LogP contribution in [0.25, 0.3) is 0 Å². The fraction of sp³-hybridized carbons (Fsp3) is 0.923. The van der Waals surface area contributed by atoms with Crippen LogP contribution in [-0.2, 0) is 9.53 Å². The van der Waals surface area contributed by atoms with Gasteiger partial charge in [-0.2, -0.15) is 0 Å². The highest BCUT2D eigenvalue weighted by atomic mass is 16.5. The topological polar surface area (TPSA) is 64.4 Å². The van der Waals surface area contributed by atoms with E-state index in [0.717, 1.165) is 23.7 Å². The molecule has 3 N–H and O–H groups in total. The first-order valence-corrected chi connectivity index (χ1v) is 6.87. The van der Waals surface area contributed by atoms with Crippen LogP contribution in [0.3, 0.4) is 0 Å². The summed E-state index contributed by atoms with van der Waals surface area (Å²) in [6.45, 7) is 1.00. The Kier molecular flexibility index (Phi) is 1.96. The van der Waals surface area contributed by atoms with Crippen molar-refractivity contribution < 1.29 is 9.53 Å². The summed E-state index contributed by atoms with van der Waals surface area (Å²) in [5.41, 5.74) is 5.32. The van der Waals surface area contributed by atoms with Crippen LogP contribution in [0.5, 0.6) is 0 Å². The van der Waals surface area contributed by atoms with Crippen LogP contribution in [0, 0.1) is 23.7 Å². The van der Waals surface area contributed by atoms with Gasteiger partial charge < -0.3 is 15.8 Å². The first-order chi connectivity index (χ1) is 8.19. The van der Waals surface area contributed by atoms with Gasteiger partial charge in [0.1, 0.15) is 5.54 Å². The van der Waals surface area contributed by atoms with Crippen LogP contribution in [0.15, 0.2) is 0 Å². The summed E-state index contributed by atoms with van der Waals surface area (Å²) in [6, 6.07) is 0.440. The molecule has 1 amide bonds. The predicted molar refractivity (Wildman–Crippen MR) is 62.1 cm³/mol. The van der Waals surface area contributed by atoms with Crippen molar-refractivity contribution in [2.75, 3.05) is 13.2 Å². The first kappa shape index (κ1) is 10.3. The summed E-state index contributed by atoms with van der Waals surface area (Å²) in [5, 5.41) is 3.20. The quantitative estimate of drug-likeness (QED) is 0.723. The van der Waals surface area contributed by atoms with Crippen molar-refractivity contribution in [1.29, 1.82) is 0 Å². The highest BCUT2D eigenvalue weighted by Gasteiger charge is 2.65. The van der Waals surface area contributed by atoms with Gasteiger partial charge in [0.2, 0.25) is 5.91 Å². The fourth-order valence-corrected chi connectivity index (χ4v) is 4.57.